The molecule has 7 nitrogen and oxygen atoms in total. The summed E-state index contributed by atoms with van der Waals surface area (Å²) in [6.07, 6.45) is 0.133. The lowest BCUT2D eigenvalue weighted by atomic mass is 9.86. The van der Waals surface area contributed by atoms with Gasteiger partial charge in [-0.05, 0) is 12.8 Å². The molecule has 4 atom stereocenters. The number of hydrogen-bond donors (Lipinski definition) is 4. The number of nitrogens with two attached hydrogens (primary N) is 1. The molecule has 2 rings (SSSR count). The van der Waals surface area contributed by atoms with Gasteiger partial charge in [0.2, 0.25) is 0 Å². The van der Waals surface area contributed by atoms with Crippen LogP contribution in [0.3, 0.4) is 0 Å². The van der Waals surface area contributed by atoms with Crippen LogP contribution in [0.4, 0.5) is 0 Å². The summed E-state index contributed by atoms with van der Waals surface area (Å²) in [4.78, 5) is 24.6. The number of aromatic nitrogens is 2. The summed E-state index contributed by atoms with van der Waals surface area (Å²) in [5.41, 5.74) is 4.53. The minimum atomic E-state index is -1.11. The van der Waals surface area contributed by atoms with Crippen LogP contribution in [0.2, 0.25) is 0 Å². The predicted molar refractivity (Wildman–Crippen MR) is 59.6 cm³/mol. The van der Waals surface area contributed by atoms with Gasteiger partial charge in [0.15, 0.2) is 0 Å². The largest absolute Gasteiger partial charge is 0.389 e. The SMILES string of the molecule is N[C@@H]1CC[C@@H](n2ccc(=O)[nH]c2=O)[C@H](O)[C@@H]1O. The van der Waals surface area contributed by atoms with Crippen LogP contribution in [0.5, 0.6) is 0 Å². The molecule has 1 aromatic rings. The molecule has 1 aliphatic carbocycles. The normalized spacial score (nSPS) is 33.6. The van der Waals surface area contributed by atoms with Crippen molar-refractivity contribution in [3.63, 3.8) is 0 Å². The summed E-state index contributed by atoms with van der Waals surface area (Å²) in [6.45, 7) is 0. The lowest BCUT2D eigenvalue weighted by Gasteiger charge is -2.36. The number of aromatic amines is 1. The zero-order valence-corrected chi connectivity index (χ0v) is 9.11. The number of aliphatic hydroxyl groups excluding tert-OH is 2. The van der Waals surface area contributed by atoms with Crippen molar-refractivity contribution >= 4 is 0 Å². The first-order chi connectivity index (χ1) is 8.00. The number of aliphatic hydroxyl groups is 2. The second kappa shape index (κ2) is 4.44. The van der Waals surface area contributed by atoms with Gasteiger partial charge in [-0.3, -0.25) is 14.3 Å². The van der Waals surface area contributed by atoms with Crippen LogP contribution in [0, 0.1) is 0 Å². The molecule has 1 saturated carbocycles. The van der Waals surface area contributed by atoms with Crippen LogP contribution in [-0.4, -0.2) is 38.0 Å². The van der Waals surface area contributed by atoms with E-state index in [0.29, 0.717) is 12.8 Å². The van der Waals surface area contributed by atoms with Crippen LogP contribution in [-0.2, 0) is 0 Å². The van der Waals surface area contributed by atoms with Crippen molar-refractivity contribution in [1.82, 2.24) is 9.55 Å². The number of nitrogens with zero attached hydrogens (tertiary/aromatic N) is 1. The highest BCUT2D eigenvalue weighted by atomic mass is 16.3. The van der Waals surface area contributed by atoms with E-state index < -0.39 is 35.5 Å². The Balaban J connectivity index is 2.34. The second-order valence-electron chi connectivity index (χ2n) is 4.31. The third-order valence-corrected chi connectivity index (χ3v) is 3.19. The van der Waals surface area contributed by atoms with Crippen molar-refractivity contribution in [2.24, 2.45) is 5.73 Å². The smallest absolute Gasteiger partial charge is 0.328 e. The average molecular weight is 241 g/mol. The Morgan fingerprint density at radius 2 is 2.00 bits per heavy atom. The summed E-state index contributed by atoms with van der Waals surface area (Å²) < 4.78 is 1.22. The van der Waals surface area contributed by atoms with E-state index in [2.05, 4.69) is 4.98 Å². The molecule has 0 aromatic carbocycles. The number of rotatable bonds is 1. The summed E-state index contributed by atoms with van der Waals surface area (Å²) in [5.74, 6) is 0. The maximum absolute atomic E-state index is 11.6. The third-order valence-electron chi connectivity index (χ3n) is 3.19. The molecule has 0 bridgehead atoms. The third kappa shape index (κ3) is 2.17. The molecule has 0 unspecified atom stereocenters. The maximum atomic E-state index is 11.6. The van der Waals surface area contributed by atoms with Crippen LogP contribution < -0.4 is 17.0 Å². The molecular weight excluding hydrogens is 226 g/mol. The van der Waals surface area contributed by atoms with Gasteiger partial charge in [0.05, 0.1) is 12.1 Å². The molecule has 0 spiro atoms. The highest BCUT2D eigenvalue weighted by Gasteiger charge is 2.36. The van der Waals surface area contributed by atoms with Gasteiger partial charge in [-0.15, -0.1) is 0 Å². The van der Waals surface area contributed by atoms with Crippen molar-refractivity contribution < 1.29 is 10.2 Å². The van der Waals surface area contributed by atoms with Crippen molar-refractivity contribution in [2.75, 3.05) is 0 Å². The van der Waals surface area contributed by atoms with E-state index in [4.69, 9.17) is 5.73 Å². The summed E-state index contributed by atoms with van der Waals surface area (Å²) in [6, 6.07) is 0.156. The Morgan fingerprint density at radius 1 is 1.29 bits per heavy atom. The van der Waals surface area contributed by atoms with E-state index in [9.17, 15) is 19.8 Å². The number of H-pyrrole nitrogens is 1. The fourth-order valence-corrected chi connectivity index (χ4v) is 2.18. The molecule has 0 radical (unpaired) electrons. The van der Waals surface area contributed by atoms with Gasteiger partial charge in [0.1, 0.15) is 6.10 Å². The molecule has 0 aliphatic heterocycles. The monoisotopic (exact) mass is 241 g/mol. The van der Waals surface area contributed by atoms with E-state index in [1.54, 1.807) is 0 Å². The Bertz CT molecular complexity index is 509. The second-order valence-corrected chi connectivity index (χ2v) is 4.31. The molecule has 7 heteroatoms. The van der Waals surface area contributed by atoms with Gasteiger partial charge in [0, 0.05) is 18.3 Å². The van der Waals surface area contributed by atoms with Crippen LogP contribution in [0.15, 0.2) is 21.9 Å². The topological polar surface area (TPSA) is 121 Å². The Kier molecular flexibility index (Phi) is 3.14. The van der Waals surface area contributed by atoms with Gasteiger partial charge in [-0.25, -0.2) is 4.79 Å². The first-order valence-electron chi connectivity index (χ1n) is 5.44. The fourth-order valence-electron chi connectivity index (χ4n) is 2.18. The van der Waals surface area contributed by atoms with Crippen molar-refractivity contribution in [3.05, 3.63) is 33.1 Å². The predicted octanol–water partition coefficient (Wildman–Crippen LogP) is -2.08. The molecule has 1 heterocycles. The zero-order chi connectivity index (χ0) is 12.6. The molecule has 94 valence electrons. The number of nitrogens with one attached hydrogen (secondary N) is 1. The van der Waals surface area contributed by atoms with Crippen LogP contribution >= 0.6 is 0 Å². The first-order valence-corrected chi connectivity index (χ1v) is 5.44. The van der Waals surface area contributed by atoms with Gasteiger partial charge in [0.25, 0.3) is 5.56 Å². The summed E-state index contributed by atoms with van der Waals surface area (Å²) >= 11 is 0. The molecular formula is C10H15N3O4. The fraction of sp³-hybridized carbons (Fsp3) is 0.600. The minimum Gasteiger partial charge on any atom is -0.389 e. The van der Waals surface area contributed by atoms with Crippen molar-refractivity contribution in [1.29, 1.82) is 0 Å². The number of hydrogen-bond acceptors (Lipinski definition) is 5. The van der Waals surface area contributed by atoms with Crippen LogP contribution in [0.25, 0.3) is 0 Å². The van der Waals surface area contributed by atoms with Crippen molar-refractivity contribution in [3.8, 4) is 0 Å². The minimum absolute atomic E-state index is 0.478. The van der Waals surface area contributed by atoms with E-state index in [1.165, 1.54) is 16.8 Å². The molecule has 17 heavy (non-hydrogen) atoms. The Labute approximate surface area is 96.5 Å². The highest BCUT2D eigenvalue weighted by molar-refractivity contribution is 4.95. The summed E-state index contributed by atoms with van der Waals surface area (Å²) in [7, 11) is 0. The van der Waals surface area contributed by atoms with Gasteiger partial charge >= 0.3 is 5.69 Å². The molecule has 5 N–H and O–H groups in total. The standard InChI is InChI=1S/C10H15N3O4/c11-5-1-2-6(9(16)8(5)15)13-4-3-7(14)12-10(13)17/h3-6,8-9,15-16H,1-2,11H2,(H,12,14,17)/t5-,6-,8-,9+/m1/s1. The molecule has 0 amide bonds. The lowest BCUT2D eigenvalue weighted by Crippen LogP contribution is -2.52. The first kappa shape index (κ1) is 12.0. The molecule has 1 fully saturated rings. The van der Waals surface area contributed by atoms with Crippen LogP contribution in [0.1, 0.15) is 18.9 Å². The van der Waals surface area contributed by atoms with E-state index >= 15 is 0 Å². The average Bonchev–Trinajstić information content (AvgIpc) is 2.28. The molecule has 1 aliphatic rings. The zero-order valence-electron chi connectivity index (χ0n) is 9.11. The van der Waals surface area contributed by atoms with Gasteiger partial charge in [-0.1, -0.05) is 0 Å². The van der Waals surface area contributed by atoms with Crippen molar-refractivity contribution in [2.45, 2.75) is 37.1 Å². The Morgan fingerprint density at radius 3 is 2.65 bits per heavy atom. The van der Waals surface area contributed by atoms with Gasteiger partial charge < -0.3 is 15.9 Å². The molecule has 1 aromatic heterocycles. The maximum Gasteiger partial charge on any atom is 0.328 e. The van der Waals surface area contributed by atoms with E-state index in [-0.39, 0.29) is 0 Å². The Hall–Kier alpha value is -1.44. The highest BCUT2D eigenvalue weighted by Crippen LogP contribution is 2.27. The quantitative estimate of drug-likeness (QED) is 0.449. The molecule has 0 saturated heterocycles. The van der Waals surface area contributed by atoms with Gasteiger partial charge in [-0.2, -0.15) is 0 Å². The van der Waals surface area contributed by atoms with E-state index in [0.717, 1.165) is 0 Å². The lowest BCUT2D eigenvalue weighted by molar-refractivity contribution is -0.0512. The van der Waals surface area contributed by atoms with E-state index in [1.807, 2.05) is 0 Å². The summed E-state index contributed by atoms with van der Waals surface area (Å²) in [5, 5.41) is 19.5.